The van der Waals surface area contributed by atoms with Gasteiger partial charge in [-0.2, -0.15) is 0 Å². The van der Waals surface area contributed by atoms with Gasteiger partial charge in [0, 0.05) is 25.0 Å². The van der Waals surface area contributed by atoms with Gasteiger partial charge in [0.15, 0.2) is 0 Å². The van der Waals surface area contributed by atoms with Gasteiger partial charge in [-0.15, -0.1) is 0 Å². The first-order valence-electron chi connectivity index (χ1n) is 7.19. The molecule has 1 aromatic carbocycles. The number of rotatable bonds is 6. The zero-order valence-corrected chi connectivity index (χ0v) is 12.4. The summed E-state index contributed by atoms with van der Waals surface area (Å²) in [6.07, 6.45) is 3.73. The van der Waals surface area contributed by atoms with Crippen LogP contribution in [0, 0.1) is 0 Å². The van der Waals surface area contributed by atoms with Crippen LogP contribution in [0.15, 0.2) is 47.5 Å². The molecule has 2 rings (SSSR count). The largest absolute Gasteiger partial charge is 0.328 e. The quantitative estimate of drug-likeness (QED) is 0.878. The van der Waals surface area contributed by atoms with E-state index in [9.17, 15) is 4.79 Å². The summed E-state index contributed by atoms with van der Waals surface area (Å²) in [5.74, 6) is 0. The molecule has 0 saturated heterocycles. The van der Waals surface area contributed by atoms with Crippen LogP contribution in [0.4, 0.5) is 0 Å². The van der Waals surface area contributed by atoms with Crippen molar-refractivity contribution in [3.05, 3.63) is 58.8 Å². The Morgan fingerprint density at radius 3 is 2.40 bits per heavy atom. The molecule has 0 bridgehead atoms. The molecule has 0 radical (unpaired) electrons. The predicted molar refractivity (Wildman–Crippen MR) is 81.9 cm³/mol. The van der Waals surface area contributed by atoms with Crippen LogP contribution in [0.1, 0.15) is 38.4 Å². The molecule has 1 N–H and O–H groups in total. The number of nitrogens with one attached hydrogen (secondary N) is 1. The maximum atomic E-state index is 12.3. The van der Waals surface area contributed by atoms with E-state index in [0.717, 1.165) is 6.54 Å². The van der Waals surface area contributed by atoms with Gasteiger partial charge in [-0.25, -0.2) is 4.79 Å². The highest BCUT2D eigenvalue weighted by Gasteiger charge is 2.13. The lowest BCUT2D eigenvalue weighted by molar-refractivity contribution is 0.456. The van der Waals surface area contributed by atoms with Crippen LogP contribution < -0.4 is 11.0 Å². The smallest absolute Gasteiger partial charge is 0.309 e. The van der Waals surface area contributed by atoms with E-state index in [0.29, 0.717) is 6.54 Å². The van der Waals surface area contributed by atoms with Crippen LogP contribution in [-0.2, 0) is 6.54 Å². The van der Waals surface area contributed by atoms with Gasteiger partial charge in [0.05, 0.1) is 6.04 Å². The number of aromatic nitrogens is 2. The van der Waals surface area contributed by atoms with Crippen molar-refractivity contribution in [2.75, 3.05) is 6.54 Å². The van der Waals surface area contributed by atoms with Crippen molar-refractivity contribution in [3.63, 3.8) is 0 Å². The maximum absolute atomic E-state index is 12.3. The summed E-state index contributed by atoms with van der Waals surface area (Å²) in [7, 11) is 0. The third kappa shape index (κ3) is 3.20. The average Bonchev–Trinajstić information content (AvgIpc) is 2.81. The number of nitrogens with zero attached hydrogens (tertiary/aromatic N) is 2. The van der Waals surface area contributed by atoms with Crippen molar-refractivity contribution in [1.82, 2.24) is 14.5 Å². The fourth-order valence-electron chi connectivity index (χ4n) is 2.38. The Hall–Kier alpha value is -1.81. The van der Waals surface area contributed by atoms with Gasteiger partial charge < -0.3 is 5.32 Å². The Labute approximate surface area is 120 Å². The molecule has 0 aliphatic heterocycles. The van der Waals surface area contributed by atoms with E-state index in [1.165, 1.54) is 5.56 Å². The number of hydrogen-bond acceptors (Lipinski definition) is 2. The van der Waals surface area contributed by atoms with Crippen molar-refractivity contribution >= 4 is 0 Å². The van der Waals surface area contributed by atoms with Crippen LogP contribution in [0.5, 0.6) is 0 Å². The van der Waals surface area contributed by atoms with E-state index in [2.05, 4.69) is 24.4 Å². The fourth-order valence-corrected chi connectivity index (χ4v) is 2.38. The Kier molecular flexibility index (Phi) is 4.79. The van der Waals surface area contributed by atoms with Gasteiger partial charge in [0.25, 0.3) is 0 Å². The number of benzene rings is 1. The van der Waals surface area contributed by atoms with Crippen molar-refractivity contribution in [3.8, 4) is 0 Å². The molecule has 1 heterocycles. The standard InChI is InChI=1S/C16H23N3O/c1-4-17-15(14-8-6-5-7-9-14)12-18-10-11-19(13(2)3)16(18)20/h5-11,13,15,17H,4,12H2,1-3H3. The van der Waals surface area contributed by atoms with E-state index in [1.807, 2.05) is 44.4 Å². The zero-order valence-electron chi connectivity index (χ0n) is 12.4. The monoisotopic (exact) mass is 273 g/mol. The first-order chi connectivity index (χ1) is 9.63. The Morgan fingerprint density at radius 2 is 1.85 bits per heavy atom. The second-order valence-corrected chi connectivity index (χ2v) is 5.26. The van der Waals surface area contributed by atoms with E-state index in [1.54, 1.807) is 9.13 Å². The van der Waals surface area contributed by atoms with Crippen LogP contribution in [-0.4, -0.2) is 15.7 Å². The molecule has 0 fully saturated rings. The summed E-state index contributed by atoms with van der Waals surface area (Å²) in [4.78, 5) is 12.3. The van der Waals surface area contributed by atoms with Crippen molar-refractivity contribution in [2.24, 2.45) is 0 Å². The molecule has 4 heteroatoms. The molecule has 20 heavy (non-hydrogen) atoms. The van der Waals surface area contributed by atoms with Crippen molar-refractivity contribution in [1.29, 1.82) is 0 Å². The highest BCUT2D eigenvalue weighted by Crippen LogP contribution is 2.14. The predicted octanol–water partition coefficient (Wildman–Crippen LogP) is 2.58. The third-order valence-corrected chi connectivity index (χ3v) is 3.46. The maximum Gasteiger partial charge on any atom is 0.328 e. The molecule has 108 valence electrons. The highest BCUT2D eigenvalue weighted by atomic mass is 16.1. The van der Waals surface area contributed by atoms with Crippen molar-refractivity contribution < 1.29 is 0 Å². The fraction of sp³-hybridized carbons (Fsp3) is 0.438. The summed E-state index contributed by atoms with van der Waals surface area (Å²) in [5, 5.41) is 3.44. The Morgan fingerprint density at radius 1 is 1.15 bits per heavy atom. The van der Waals surface area contributed by atoms with E-state index >= 15 is 0 Å². The van der Waals surface area contributed by atoms with E-state index < -0.39 is 0 Å². The molecule has 0 spiro atoms. The molecule has 0 aliphatic rings. The Bertz CT molecular complexity index is 583. The molecular weight excluding hydrogens is 250 g/mol. The summed E-state index contributed by atoms with van der Waals surface area (Å²) in [6, 6.07) is 10.6. The first-order valence-corrected chi connectivity index (χ1v) is 7.19. The SMILES string of the molecule is CCNC(Cn1ccn(C(C)C)c1=O)c1ccccc1. The summed E-state index contributed by atoms with van der Waals surface area (Å²) >= 11 is 0. The van der Waals surface area contributed by atoms with Gasteiger partial charge >= 0.3 is 5.69 Å². The molecule has 0 amide bonds. The molecule has 4 nitrogen and oxygen atoms in total. The first kappa shape index (κ1) is 14.6. The molecule has 1 aromatic heterocycles. The lowest BCUT2D eigenvalue weighted by Gasteiger charge is -2.18. The number of hydrogen-bond donors (Lipinski definition) is 1. The lowest BCUT2D eigenvalue weighted by atomic mass is 10.1. The lowest BCUT2D eigenvalue weighted by Crippen LogP contribution is -2.31. The van der Waals surface area contributed by atoms with Crippen LogP contribution >= 0.6 is 0 Å². The summed E-state index contributed by atoms with van der Waals surface area (Å²) < 4.78 is 3.54. The molecular formula is C16H23N3O. The number of likely N-dealkylation sites (N-methyl/N-ethyl adjacent to an activating group) is 1. The Balaban J connectivity index is 2.23. The van der Waals surface area contributed by atoms with Gasteiger partial charge in [-0.3, -0.25) is 9.13 Å². The molecule has 2 aromatic rings. The molecule has 0 saturated carbocycles. The molecule has 1 atom stereocenters. The van der Waals surface area contributed by atoms with Gasteiger partial charge in [-0.05, 0) is 26.0 Å². The van der Waals surface area contributed by atoms with E-state index in [-0.39, 0.29) is 17.8 Å². The highest BCUT2D eigenvalue weighted by molar-refractivity contribution is 5.18. The summed E-state index contributed by atoms with van der Waals surface area (Å²) in [5.41, 5.74) is 1.26. The normalized spacial score (nSPS) is 12.8. The van der Waals surface area contributed by atoms with Crippen LogP contribution in [0.3, 0.4) is 0 Å². The molecule has 1 unspecified atom stereocenters. The van der Waals surface area contributed by atoms with Gasteiger partial charge in [0.1, 0.15) is 0 Å². The van der Waals surface area contributed by atoms with Gasteiger partial charge in [-0.1, -0.05) is 37.3 Å². The van der Waals surface area contributed by atoms with E-state index in [4.69, 9.17) is 0 Å². The minimum absolute atomic E-state index is 0.0545. The topological polar surface area (TPSA) is 39.0 Å². The second kappa shape index (κ2) is 6.57. The third-order valence-electron chi connectivity index (χ3n) is 3.46. The average molecular weight is 273 g/mol. The minimum atomic E-state index is 0.0545. The minimum Gasteiger partial charge on any atom is -0.309 e. The van der Waals surface area contributed by atoms with Crippen molar-refractivity contribution in [2.45, 2.75) is 39.4 Å². The number of imidazole rings is 1. The van der Waals surface area contributed by atoms with Crippen LogP contribution in [0.25, 0.3) is 0 Å². The summed E-state index contributed by atoms with van der Waals surface area (Å²) in [6.45, 7) is 7.64. The molecule has 0 aliphatic carbocycles. The van der Waals surface area contributed by atoms with Gasteiger partial charge in [0.2, 0.25) is 0 Å². The van der Waals surface area contributed by atoms with Crippen LogP contribution in [0.2, 0.25) is 0 Å². The second-order valence-electron chi connectivity index (χ2n) is 5.26. The zero-order chi connectivity index (χ0) is 14.5.